The van der Waals surface area contributed by atoms with Crippen LogP contribution in [0.1, 0.15) is 16.2 Å². The normalized spacial score (nSPS) is 15.8. The summed E-state index contributed by atoms with van der Waals surface area (Å²) in [6, 6.07) is 0. The fourth-order valence-electron chi connectivity index (χ4n) is 2.04. The average molecular weight is 294 g/mol. The molecule has 0 N–H and O–H groups in total. The van der Waals surface area contributed by atoms with E-state index in [1.165, 1.54) is 11.8 Å². The summed E-state index contributed by atoms with van der Waals surface area (Å²) >= 11 is 1.42. The van der Waals surface area contributed by atoms with E-state index in [0.29, 0.717) is 48.6 Å². The highest BCUT2D eigenvalue weighted by Crippen LogP contribution is 2.13. The van der Waals surface area contributed by atoms with Gasteiger partial charge in [0, 0.05) is 13.1 Å². The SMILES string of the molecule is CSc1nc2nnc(C(=O)N3CCOCC3)c(C)n2n1. The van der Waals surface area contributed by atoms with Crippen molar-refractivity contribution in [3.8, 4) is 0 Å². The van der Waals surface area contributed by atoms with E-state index in [-0.39, 0.29) is 5.91 Å². The number of morpholine rings is 1. The van der Waals surface area contributed by atoms with Crippen LogP contribution in [-0.2, 0) is 4.74 Å². The predicted molar refractivity (Wildman–Crippen MR) is 71.8 cm³/mol. The Morgan fingerprint density at radius 1 is 1.30 bits per heavy atom. The van der Waals surface area contributed by atoms with Gasteiger partial charge in [-0.3, -0.25) is 4.79 Å². The molecule has 0 aliphatic carbocycles. The molecule has 0 bridgehead atoms. The number of ether oxygens (including phenoxy) is 1. The molecular weight excluding hydrogens is 280 g/mol. The van der Waals surface area contributed by atoms with Crippen molar-refractivity contribution in [2.24, 2.45) is 0 Å². The van der Waals surface area contributed by atoms with Gasteiger partial charge in [-0.15, -0.1) is 15.3 Å². The van der Waals surface area contributed by atoms with Crippen LogP contribution in [-0.4, -0.2) is 68.2 Å². The van der Waals surface area contributed by atoms with Gasteiger partial charge in [0.05, 0.1) is 18.9 Å². The summed E-state index contributed by atoms with van der Waals surface area (Å²) in [5.41, 5.74) is 0.969. The van der Waals surface area contributed by atoms with Crippen LogP contribution in [0.25, 0.3) is 5.78 Å². The van der Waals surface area contributed by atoms with Crippen molar-refractivity contribution in [2.75, 3.05) is 32.6 Å². The lowest BCUT2D eigenvalue weighted by Crippen LogP contribution is -2.41. The first-order chi connectivity index (χ1) is 9.70. The number of nitrogens with zero attached hydrogens (tertiary/aromatic N) is 6. The van der Waals surface area contributed by atoms with Gasteiger partial charge in [-0.25, -0.2) is 0 Å². The average Bonchev–Trinajstić information content (AvgIpc) is 2.92. The molecule has 8 nitrogen and oxygen atoms in total. The van der Waals surface area contributed by atoms with E-state index in [0.717, 1.165) is 0 Å². The second-order valence-corrected chi connectivity index (χ2v) is 5.12. The predicted octanol–water partition coefficient (Wildman–Crippen LogP) is 0.0220. The minimum absolute atomic E-state index is 0.138. The van der Waals surface area contributed by atoms with Crippen molar-refractivity contribution < 1.29 is 9.53 Å². The molecule has 1 fully saturated rings. The molecule has 0 spiro atoms. The number of carbonyl (C=O) groups is 1. The first-order valence-electron chi connectivity index (χ1n) is 6.22. The maximum absolute atomic E-state index is 12.4. The molecule has 2 aromatic heterocycles. The lowest BCUT2D eigenvalue weighted by molar-refractivity contribution is 0.0297. The van der Waals surface area contributed by atoms with Crippen molar-refractivity contribution in [1.82, 2.24) is 29.7 Å². The Bertz CT molecular complexity index is 652. The Morgan fingerprint density at radius 3 is 2.75 bits per heavy atom. The molecule has 0 aromatic carbocycles. The standard InChI is InChI=1S/C11H14N6O2S/c1-7-8(9(18)16-3-5-19-6-4-16)13-14-10-12-11(20-2)15-17(7)10/h3-6H2,1-2H3. The van der Waals surface area contributed by atoms with Crippen molar-refractivity contribution in [3.63, 3.8) is 0 Å². The van der Waals surface area contributed by atoms with Crippen LogP contribution in [0.3, 0.4) is 0 Å². The summed E-state index contributed by atoms with van der Waals surface area (Å²) in [6.07, 6.45) is 1.89. The van der Waals surface area contributed by atoms with Gasteiger partial charge in [0.2, 0.25) is 5.16 Å². The van der Waals surface area contributed by atoms with E-state index in [9.17, 15) is 4.79 Å². The maximum Gasteiger partial charge on any atom is 0.276 e. The molecule has 106 valence electrons. The molecule has 0 atom stereocenters. The number of aromatic nitrogens is 5. The summed E-state index contributed by atoms with van der Waals surface area (Å²) in [5.74, 6) is 0.270. The largest absolute Gasteiger partial charge is 0.378 e. The van der Waals surface area contributed by atoms with Crippen LogP contribution in [0.5, 0.6) is 0 Å². The molecule has 0 radical (unpaired) electrons. The van der Waals surface area contributed by atoms with Gasteiger partial charge in [0.25, 0.3) is 11.7 Å². The van der Waals surface area contributed by atoms with Crippen LogP contribution >= 0.6 is 11.8 Å². The van der Waals surface area contributed by atoms with E-state index >= 15 is 0 Å². The number of rotatable bonds is 2. The van der Waals surface area contributed by atoms with Gasteiger partial charge in [-0.1, -0.05) is 11.8 Å². The minimum Gasteiger partial charge on any atom is -0.378 e. The summed E-state index contributed by atoms with van der Waals surface area (Å²) in [5, 5.41) is 12.9. The minimum atomic E-state index is -0.138. The second kappa shape index (κ2) is 5.33. The van der Waals surface area contributed by atoms with Crippen molar-refractivity contribution in [2.45, 2.75) is 12.1 Å². The van der Waals surface area contributed by atoms with Crippen molar-refractivity contribution >= 4 is 23.4 Å². The van der Waals surface area contributed by atoms with Crippen molar-refractivity contribution in [3.05, 3.63) is 11.4 Å². The zero-order valence-electron chi connectivity index (χ0n) is 11.2. The van der Waals surface area contributed by atoms with Crippen LogP contribution < -0.4 is 0 Å². The summed E-state index contributed by atoms with van der Waals surface area (Å²) < 4.78 is 6.81. The number of fused-ring (bicyclic) bond motifs is 1. The molecular formula is C11H14N6O2S. The highest BCUT2D eigenvalue weighted by atomic mass is 32.2. The summed E-state index contributed by atoms with van der Waals surface area (Å²) in [7, 11) is 0. The van der Waals surface area contributed by atoms with Crippen LogP contribution in [0.15, 0.2) is 5.16 Å². The zero-order chi connectivity index (χ0) is 14.1. The number of hydrogen-bond acceptors (Lipinski definition) is 7. The first kappa shape index (κ1) is 13.3. The third kappa shape index (κ3) is 2.22. The molecule has 3 rings (SSSR count). The van der Waals surface area contributed by atoms with Crippen molar-refractivity contribution in [1.29, 1.82) is 0 Å². The lowest BCUT2D eigenvalue weighted by atomic mass is 10.3. The monoisotopic (exact) mass is 294 g/mol. The van der Waals surface area contributed by atoms with Crippen LogP contribution in [0.4, 0.5) is 0 Å². The van der Waals surface area contributed by atoms with Gasteiger partial charge in [-0.2, -0.15) is 9.50 Å². The van der Waals surface area contributed by atoms with E-state index in [1.54, 1.807) is 16.3 Å². The number of thioether (sulfide) groups is 1. The third-order valence-electron chi connectivity index (χ3n) is 3.15. The number of hydrogen-bond donors (Lipinski definition) is 0. The number of carbonyl (C=O) groups excluding carboxylic acids is 1. The molecule has 1 saturated heterocycles. The van der Waals surface area contributed by atoms with Gasteiger partial charge < -0.3 is 9.64 Å². The fourth-order valence-corrected chi connectivity index (χ4v) is 2.38. The second-order valence-electron chi connectivity index (χ2n) is 4.35. The quantitative estimate of drug-likeness (QED) is 0.722. The smallest absolute Gasteiger partial charge is 0.276 e. The van der Waals surface area contributed by atoms with E-state index in [2.05, 4.69) is 20.3 Å². The molecule has 1 amide bonds. The molecule has 20 heavy (non-hydrogen) atoms. The fraction of sp³-hybridized carbons (Fsp3) is 0.545. The van der Waals surface area contributed by atoms with Gasteiger partial charge in [-0.05, 0) is 13.2 Å². The summed E-state index contributed by atoms with van der Waals surface area (Å²) in [4.78, 5) is 18.4. The Balaban J connectivity index is 1.98. The lowest BCUT2D eigenvalue weighted by Gasteiger charge is -2.26. The topological polar surface area (TPSA) is 85.5 Å². The Kier molecular flexibility index (Phi) is 3.53. The summed E-state index contributed by atoms with van der Waals surface area (Å²) in [6.45, 7) is 4.06. The van der Waals surface area contributed by atoms with E-state index < -0.39 is 0 Å². The van der Waals surface area contributed by atoms with Gasteiger partial charge in [0.15, 0.2) is 5.69 Å². The number of aryl methyl sites for hydroxylation is 1. The third-order valence-corrected chi connectivity index (χ3v) is 3.69. The Labute approximate surface area is 119 Å². The highest BCUT2D eigenvalue weighted by Gasteiger charge is 2.23. The molecule has 3 heterocycles. The molecule has 2 aromatic rings. The van der Waals surface area contributed by atoms with E-state index in [4.69, 9.17) is 4.74 Å². The van der Waals surface area contributed by atoms with Gasteiger partial charge in [0.1, 0.15) is 0 Å². The van der Waals surface area contributed by atoms with Gasteiger partial charge >= 0.3 is 0 Å². The molecule has 9 heteroatoms. The zero-order valence-corrected chi connectivity index (χ0v) is 12.1. The molecule has 1 aliphatic rings. The first-order valence-corrected chi connectivity index (χ1v) is 7.44. The van der Waals surface area contributed by atoms with Crippen LogP contribution in [0.2, 0.25) is 0 Å². The molecule has 1 aliphatic heterocycles. The van der Waals surface area contributed by atoms with E-state index in [1.807, 2.05) is 6.26 Å². The maximum atomic E-state index is 12.4. The number of amides is 1. The highest BCUT2D eigenvalue weighted by molar-refractivity contribution is 7.98. The molecule has 0 saturated carbocycles. The molecule has 0 unspecified atom stereocenters. The Morgan fingerprint density at radius 2 is 2.05 bits per heavy atom. The Hall–Kier alpha value is -1.74. The van der Waals surface area contributed by atoms with Crippen LogP contribution in [0, 0.1) is 6.92 Å².